The van der Waals surface area contributed by atoms with E-state index < -0.39 is 5.97 Å². The standard InChI is InChI=1S/C21H30N4O5/c1-25(2,3)15-16(14-20(26)27)23-21-22-11-10-19(24-21)30-13-5-12-29-18-8-6-17(28-4)7-9-18/h6-11,16H,5,12-15H2,1-4H3,(H-,22,23,24,26,27)/p+1. The lowest BCUT2D eigenvalue weighted by Crippen LogP contribution is -2.45. The number of aliphatic carboxylic acids is 1. The maximum atomic E-state index is 11.2. The number of ether oxygens (including phenoxy) is 3. The molecule has 0 radical (unpaired) electrons. The van der Waals surface area contributed by atoms with E-state index in [1.54, 1.807) is 19.4 Å². The van der Waals surface area contributed by atoms with Crippen LogP contribution in [0.4, 0.5) is 5.95 Å². The van der Waals surface area contributed by atoms with Gasteiger partial charge in [0.2, 0.25) is 11.8 Å². The van der Waals surface area contributed by atoms with Crippen LogP contribution in [-0.2, 0) is 4.79 Å². The van der Waals surface area contributed by atoms with Crippen molar-refractivity contribution in [3.8, 4) is 17.4 Å². The quantitative estimate of drug-likeness (QED) is 0.377. The minimum atomic E-state index is -0.870. The lowest BCUT2D eigenvalue weighted by molar-refractivity contribution is -0.870. The molecule has 164 valence electrons. The van der Waals surface area contributed by atoms with Crippen molar-refractivity contribution < 1.29 is 28.6 Å². The number of nitrogens with one attached hydrogen (secondary N) is 1. The van der Waals surface area contributed by atoms with E-state index in [1.165, 1.54) is 0 Å². The summed E-state index contributed by atoms with van der Waals surface area (Å²) >= 11 is 0. The molecule has 0 aliphatic heterocycles. The SMILES string of the molecule is COc1ccc(OCCCOc2ccnc(NC(CC(=O)O)C[N+](C)(C)C)n2)cc1. The first-order valence-electron chi connectivity index (χ1n) is 9.76. The van der Waals surface area contributed by atoms with Crippen LogP contribution in [0, 0.1) is 0 Å². The number of rotatable bonds is 13. The van der Waals surface area contributed by atoms with E-state index in [2.05, 4.69) is 15.3 Å². The fraction of sp³-hybridized carbons (Fsp3) is 0.476. The normalized spacial score (nSPS) is 12.1. The summed E-state index contributed by atoms with van der Waals surface area (Å²) in [4.78, 5) is 19.7. The molecule has 0 aliphatic rings. The average Bonchev–Trinajstić information content (AvgIpc) is 2.66. The lowest BCUT2D eigenvalue weighted by atomic mass is 10.2. The molecule has 1 atom stereocenters. The van der Waals surface area contributed by atoms with Crippen molar-refractivity contribution in [2.75, 3.05) is 53.3 Å². The van der Waals surface area contributed by atoms with E-state index in [1.807, 2.05) is 45.4 Å². The molecule has 1 heterocycles. The largest absolute Gasteiger partial charge is 0.497 e. The Kier molecular flexibility index (Phi) is 8.67. The summed E-state index contributed by atoms with van der Waals surface area (Å²) in [5.74, 6) is 1.46. The van der Waals surface area contributed by atoms with E-state index in [-0.39, 0.29) is 12.5 Å². The topological polar surface area (TPSA) is 103 Å². The Morgan fingerprint density at radius 3 is 2.40 bits per heavy atom. The first-order valence-corrected chi connectivity index (χ1v) is 9.76. The van der Waals surface area contributed by atoms with Gasteiger partial charge in [0.15, 0.2) is 0 Å². The van der Waals surface area contributed by atoms with Gasteiger partial charge in [-0.25, -0.2) is 4.98 Å². The third-order valence-corrected chi connectivity index (χ3v) is 4.02. The van der Waals surface area contributed by atoms with Gasteiger partial charge in [-0.15, -0.1) is 0 Å². The Morgan fingerprint density at radius 1 is 1.10 bits per heavy atom. The average molecular weight is 420 g/mol. The van der Waals surface area contributed by atoms with Gasteiger partial charge in [0.25, 0.3) is 0 Å². The van der Waals surface area contributed by atoms with Crippen molar-refractivity contribution in [3.05, 3.63) is 36.5 Å². The Bertz CT molecular complexity index is 793. The molecule has 0 fully saturated rings. The first kappa shape index (κ1) is 23.2. The number of carboxylic acid groups (broad SMARTS) is 1. The molecule has 30 heavy (non-hydrogen) atoms. The van der Waals surface area contributed by atoms with Crippen molar-refractivity contribution in [1.29, 1.82) is 0 Å². The second-order valence-corrected chi connectivity index (χ2v) is 7.86. The molecular weight excluding hydrogens is 388 g/mol. The van der Waals surface area contributed by atoms with Crippen LogP contribution in [0.3, 0.4) is 0 Å². The molecule has 2 aromatic rings. The third-order valence-electron chi connectivity index (χ3n) is 4.02. The van der Waals surface area contributed by atoms with Crippen molar-refractivity contribution in [2.24, 2.45) is 0 Å². The van der Waals surface area contributed by atoms with Crippen LogP contribution >= 0.6 is 0 Å². The van der Waals surface area contributed by atoms with E-state index in [4.69, 9.17) is 19.3 Å². The van der Waals surface area contributed by atoms with Gasteiger partial charge in [-0.2, -0.15) is 4.98 Å². The maximum Gasteiger partial charge on any atom is 0.305 e. The van der Waals surface area contributed by atoms with E-state index in [0.717, 1.165) is 11.5 Å². The van der Waals surface area contributed by atoms with E-state index >= 15 is 0 Å². The van der Waals surface area contributed by atoms with Crippen molar-refractivity contribution in [3.63, 3.8) is 0 Å². The lowest BCUT2D eigenvalue weighted by Gasteiger charge is -2.29. The summed E-state index contributed by atoms with van der Waals surface area (Å²) in [7, 11) is 7.64. The summed E-state index contributed by atoms with van der Waals surface area (Å²) in [6.45, 7) is 1.56. The summed E-state index contributed by atoms with van der Waals surface area (Å²) < 4.78 is 17.1. The molecule has 0 bridgehead atoms. The zero-order chi connectivity index (χ0) is 22.0. The Balaban J connectivity index is 1.80. The van der Waals surface area contributed by atoms with E-state index in [0.29, 0.717) is 42.5 Å². The van der Waals surface area contributed by atoms with Crippen molar-refractivity contribution in [1.82, 2.24) is 9.97 Å². The number of anilines is 1. The molecule has 1 aromatic heterocycles. The van der Waals surface area contributed by atoms with Gasteiger partial charge in [-0.3, -0.25) is 4.79 Å². The smallest absolute Gasteiger partial charge is 0.305 e. The van der Waals surface area contributed by atoms with Crippen LogP contribution in [-0.4, -0.2) is 79.6 Å². The van der Waals surface area contributed by atoms with Gasteiger partial charge >= 0.3 is 5.97 Å². The van der Waals surface area contributed by atoms with Crippen molar-refractivity contribution >= 4 is 11.9 Å². The molecular formula is C21H31N4O5+. The van der Waals surface area contributed by atoms with Gasteiger partial charge in [0.1, 0.15) is 11.5 Å². The van der Waals surface area contributed by atoms with Crippen LogP contribution in [0.5, 0.6) is 17.4 Å². The van der Waals surface area contributed by atoms with Gasteiger partial charge < -0.3 is 29.1 Å². The molecule has 0 amide bonds. The van der Waals surface area contributed by atoms with Gasteiger partial charge in [-0.05, 0) is 24.3 Å². The zero-order valence-electron chi connectivity index (χ0n) is 18.0. The highest BCUT2D eigenvalue weighted by Gasteiger charge is 2.22. The fourth-order valence-corrected chi connectivity index (χ4v) is 2.81. The Morgan fingerprint density at radius 2 is 1.77 bits per heavy atom. The highest BCUT2D eigenvalue weighted by atomic mass is 16.5. The minimum Gasteiger partial charge on any atom is -0.497 e. The van der Waals surface area contributed by atoms with Crippen LogP contribution < -0.4 is 19.5 Å². The number of carboxylic acids is 1. The number of likely N-dealkylation sites (N-methyl/N-ethyl adjacent to an activating group) is 1. The van der Waals surface area contributed by atoms with Gasteiger partial charge in [0.05, 0.1) is 60.5 Å². The molecule has 0 aliphatic carbocycles. The molecule has 9 heteroatoms. The minimum absolute atomic E-state index is 0.0212. The molecule has 1 unspecified atom stereocenters. The van der Waals surface area contributed by atoms with Crippen LogP contribution in [0.25, 0.3) is 0 Å². The fourth-order valence-electron chi connectivity index (χ4n) is 2.81. The second-order valence-electron chi connectivity index (χ2n) is 7.86. The van der Waals surface area contributed by atoms with Crippen LogP contribution in [0.1, 0.15) is 12.8 Å². The molecule has 0 spiro atoms. The van der Waals surface area contributed by atoms with Crippen LogP contribution in [0.2, 0.25) is 0 Å². The predicted octanol–water partition coefficient (Wildman–Crippen LogP) is 2.29. The van der Waals surface area contributed by atoms with Gasteiger partial charge in [-0.1, -0.05) is 0 Å². The molecule has 9 nitrogen and oxygen atoms in total. The van der Waals surface area contributed by atoms with Gasteiger partial charge in [0, 0.05) is 18.7 Å². The number of carbonyl (C=O) groups is 1. The third kappa shape index (κ3) is 8.95. The Hall–Kier alpha value is -3.07. The summed E-state index contributed by atoms with van der Waals surface area (Å²) in [6.07, 6.45) is 2.25. The first-order chi connectivity index (χ1) is 14.2. The summed E-state index contributed by atoms with van der Waals surface area (Å²) in [6, 6.07) is 8.77. The molecule has 0 saturated carbocycles. The number of nitrogens with zero attached hydrogens (tertiary/aromatic N) is 3. The number of methoxy groups -OCH3 is 1. The monoisotopic (exact) mass is 419 g/mol. The molecule has 1 aromatic carbocycles. The number of aromatic nitrogens is 2. The Labute approximate surface area is 177 Å². The number of hydrogen-bond donors (Lipinski definition) is 2. The highest BCUT2D eigenvalue weighted by Crippen LogP contribution is 2.17. The summed E-state index contributed by atoms with van der Waals surface area (Å²) in [5.41, 5.74) is 0. The highest BCUT2D eigenvalue weighted by molar-refractivity contribution is 5.68. The maximum absolute atomic E-state index is 11.2. The number of benzene rings is 1. The summed E-state index contributed by atoms with van der Waals surface area (Å²) in [5, 5.41) is 12.3. The van der Waals surface area contributed by atoms with Crippen molar-refractivity contribution in [2.45, 2.75) is 18.9 Å². The molecule has 0 saturated heterocycles. The molecule has 2 rings (SSSR count). The zero-order valence-corrected chi connectivity index (χ0v) is 18.0. The van der Waals surface area contributed by atoms with E-state index in [9.17, 15) is 4.79 Å². The molecule has 2 N–H and O–H groups in total. The van der Waals surface area contributed by atoms with Crippen LogP contribution in [0.15, 0.2) is 36.5 Å². The number of hydrogen-bond acceptors (Lipinski definition) is 7. The second kappa shape index (κ2) is 11.2. The predicted molar refractivity (Wildman–Crippen MR) is 113 cm³/mol. The number of quaternary nitrogens is 1.